The molecule has 2 rings (SSSR count). The summed E-state index contributed by atoms with van der Waals surface area (Å²) in [7, 11) is 0. The van der Waals surface area contributed by atoms with Crippen LogP contribution in [0.3, 0.4) is 0 Å². The second kappa shape index (κ2) is 5.85. The first kappa shape index (κ1) is 15.5. The van der Waals surface area contributed by atoms with Crippen molar-refractivity contribution in [3.05, 3.63) is 70.5 Å². The van der Waals surface area contributed by atoms with E-state index in [9.17, 15) is 22.7 Å². The fraction of sp³-hybridized carbons (Fsp3) is 0.250. The highest BCUT2D eigenvalue weighted by Gasteiger charge is 2.31. The van der Waals surface area contributed by atoms with E-state index in [4.69, 9.17) is 0 Å². The zero-order chi connectivity index (χ0) is 15.6. The Morgan fingerprint density at radius 1 is 1.10 bits per heavy atom. The molecule has 21 heavy (non-hydrogen) atoms. The maximum absolute atomic E-state index is 13.7. The van der Waals surface area contributed by atoms with Gasteiger partial charge in [0.05, 0.1) is 11.7 Å². The number of benzene rings is 2. The molecule has 112 valence electrons. The van der Waals surface area contributed by atoms with Gasteiger partial charge in [-0.15, -0.1) is 0 Å². The van der Waals surface area contributed by atoms with E-state index in [1.54, 1.807) is 18.2 Å². The largest absolute Gasteiger partial charge is 0.416 e. The molecular formula is C16H14F4O. The highest BCUT2D eigenvalue weighted by molar-refractivity contribution is 5.31. The van der Waals surface area contributed by atoms with Crippen molar-refractivity contribution in [3.8, 4) is 0 Å². The smallest absolute Gasteiger partial charge is 0.388 e. The van der Waals surface area contributed by atoms with Crippen molar-refractivity contribution in [1.82, 2.24) is 0 Å². The standard InChI is InChI=1S/C16H14F4O/c1-10-3-2-4-11(7-10)8-15(21)13-9-12(16(18,19)20)5-6-14(13)17/h2-7,9,15,21H,8H2,1H3. The van der Waals surface area contributed by atoms with Crippen LogP contribution in [0.4, 0.5) is 17.6 Å². The second-order valence-electron chi connectivity index (χ2n) is 4.94. The normalized spacial score (nSPS) is 13.2. The SMILES string of the molecule is Cc1cccc(CC(O)c2cc(C(F)(F)F)ccc2F)c1. The van der Waals surface area contributed by atoms with Crippen LogP contribution in [0.15, 0.2) is 42.5 Å². The summed E-state index contributed by atoms with van der Waals surface area (Å²) in [6, 6.07) is 9.24. The second-order valence-corrected chi connectivity index (χ2v) is 4.94. The molecule has 0 amide bonds. The average Bonchev–Trinajstić information content (AvgIpc) is 2.37. The van der Waals surface area contributed by atoms with E-state index in [2.05, 4.69) is 0 Å². The van der Waals surface area contributed by atoms with Crippen LogP contribution < -0.4 is 0 Å². The number of halogens is 4. The van der Waals surface area contributed by atoms with Crippen molar-refractivity contribution in [2.75, 3.05) is 0 Å². The lowest BCUT2D eigenvalue weighted by atomic mass is 9.98. The topological polar surface area (TPSA) is 20.2 Å². The van der Waals surface area contributed by atoms with Gasteiger partial charge in [-0.25, -0.2) is 4.39 Å². The Morgan fingerprint density at radius 3 is 2.43 bits per heavy atom. The van der Waals surface area contributed by atoms with E-state index < -0.39 is 23.7 Å². The van der Waals surface area contributed by atoms with Crippen LogP contribution in [-0.4, -0.2) is 5.11 Å². The van der Waals surface area contributed by atoms with Crippen LogP contribution in [0.5, 0.6) is 0 Å². The van der Waals surface area contributed by atoms with Gasteiger partial charge in [0.2, 0.25) is 0 Å². The summed E-state index contributed by atoms with van der Waals surface area (Å²) in [5.74, 6) is -0.844. The molecule has 0 aliphatic rings. The Balaban J connectivity index is 2.28. The molecule has 0 spiro atoms. The van der Waals surface area contributed by atoms with Crippen molar-refractivity contribution in [3.63, 3.8) is 0 Å². The van der Waals surface area contributed by atoms with Crippen molar-refractivity contribution in [2.45, 2.75) is 25.6 Å². The molecule has 1 N–H and O–H groups in total. The number of aliphatic hydroxyl groups is 1. The Morgan fingerprint density at radius 2 is 1.81 bits per heavy atom. The quantitative estimate of drug-likeness (QED) is 0.831. The van der Waals surface area contributed by atoms with Crippen molar-refractivity contribution in [1.29, 1.82) is 0 Å². The fourth-order valence-corrected chi connectivity index (χ4v) is 2.15. The molecule has 0 heterocycles. The molecule has 2 aromatic carbocycles. The van der Waals surface area contributed by atoms with E-state index in [1.807, 2.05) is 13.0 Å². The van der Waals surface area contributed by atoms with Crippen LogP contribution in [0.2, 0.25) is 0 Å². The van der Waals surface area contributed by atoms with E-state index >= 15 is 0 Å². The Kier molecular flexibility index (Phi) is 4.32. The maximum Gasteiger partial charge on any atom is 0.416 e. The third-order valence-corrected chi connectivity index (χ3v) is 3.19. The first-order valence-electron chi connectivity index (χ1n) is 6.37. The lowest BCUT2D eigenvalue weighted by Gasteiger charge is -2.15. The summed E-state index contributed by atoms with van der Waals surface area (Å²) in [6.07, 6.45) is -5.83. The van der Waals surface area contributed by atoms with Crippen molar-refractivity contribution >= 4 is 0 Å². The maximum atomic E-state index is 13.7. The molecule has 0 aliphatic carbocycles. The van der Waals surface area contributed by atoms with Crippen molar-refractivity contribution in [2.24, 2.45) is 0 Å². The van der Waals surface area contributed by atoms with Gasteiger partial charge in [-0.2, -0.15) is 13.2 Å². The zero-order valence-corrected chi connectivity index (χ0v) is 11.3. The number of aryl methyl sites for hydroxylation is 1. The third-order valence-electron chi connectivity index (χ3n) is 3.19. The first-order valence-corrected chi connectivity index (χ1v) is 6.37. The minimum Gasteiger partial charge on any atom is -0.388 e. The summed E-state index contributed by atoms with van der Waals surface area (Å²) in [4.78, 5) is 0. The summed E-state index contributed by atoms with van der Waals surface area (Å²) >= 11 is 0. The predicted molar refractivity (Wildman–Crippen MR) is 71.2 cm³/mol. The van der Waals surface area contributed by atoms with Gasteiger partial charge in [-0.05, 0) is 30.7 Å². The van der Waals surface area contributed by atoms with Gasteiger partial charge in [0.25, 0.3) is 0 Å². The minimum atomic E-state index is -4.56. The molecule has 0 aromatic heterocycles. The summed E-state index contributed by atoms with van der Waals surface area (Å²) in [5, 5.41) is 10.0. The molecule has 1 unspecified atom stereocenters. The summed E-state index contributed by atoms with van der Waals surface area (Å²) < 4.78 is 51.6. The van der Waals surface area contributed by atoms with Gasteiger partial charge in [0.1, 0.15) is 5.82 Å². The molecule has 0 radical (unpaired) electrons. The van der Waals surface area contributed by atoms with Crippen LogP contribution in [0.25, 0.3) is 0 Å². The monoisotopic (exact) mass is 298 g/mol. The van der Waals surface area contributed by atoms with Gasteiger partial charge in [-0.3, -0.25) is 0 Å². The summed E-state index contributed by atoms with van der Waals surface area (Å²) in [5.41, 5.74) is 0.386. The van der Waals surface area contributed by atoms with Crippen LogP contribution in [0, 0.1) is 12.7 Å². The summed E-state index contributed by atoms with van der Waals surface area (Å²) in [6.45, 7) is 1.86. The van der Waals surface area contributed by atoms with E-state index in [0.29, 0.717) is 12.1 Å². The molecule has 0 fully saturated rings. The number of hydrogen-bond donors (Lipinski definition) is 1. The third kappa shape index (κ3) is 3.82. The molecule has 0 saturated carbocycles. The Labute approximate surface area is 119 Å². The zero-order valence-electron chi connectivity index (χ0n) is 11.3. The Bertz CT molecular complexity index is 634. The van der Waals surface area contributed by atoms with Gasteiger partial charge < -0.3 is 5.11 Å². The highest BCUT2D eigenvalue weighted by atomic mass is 19.4. The van der Waals surface area contributed by atoms with Crippen molar-refractivity contribution < 1.29 is 22.7 Å². The van der Waals surface area contributed by atoms with E-state index in [1.165, 1.54) is 0 Å². The lowest BCUT2D eigenvalue weighted by Crippen LogP contribution is -2.10. The Hall–Kier alpha value is -1.88. The van der Waals surface area contributed by atoms with Crippen LogP contribution >= 0.6 is 0 Å². The fourth-order valence-electron chi connectivity index (χ4n) is 2.15. The lowest BCUT2D eigenvalue weighted by molar-refractivity contribution is -0.137. The molecule has 0 aliphatic heterocycles. The molecule has 5 heteroatoms. The van der Waals surface area contributed by atoms with Crippen LogP contribution in [-0.2, 0) is 12.6 Å². The van der Waals surface area contributed by atoms with Gasteiger partial charge in [-0.1, -0.05) is 29.8 Å². The van der Waals surface area contributed by atoms with E-state index in [-0.39, 0.29) is 12.0 Å². The van der Waals surface area contributed by atoms with Gasteiger partial charge in [0, 0.05) is 12.0 Å². The van der Waals surface area contributed by atoms with Gasteiger partial charge in [0.15, 0.2) is 0 Å². The average molecular weight is 298 g/mol. The molecule has 0 bridgehead atoms. The van der Waals surface area contributed by atoms with E-state index in [0.717, 1.165) is 17.2 Å². The first-order chi connectivity index (χ1) is 9.77. The number of alkyl halides is 3. The number of aliphatic hydroxyl groups excluding tert-OH is 1. The molecule has 1 nitrogen and oxygen atoms in total. The molecule has 0 saturated heterocycles. The number of hydrogen-bond acceptors (Lipinski definition) is 1. The minimum absolute atomic E-state index is 0.0555. The highest BCUT2D eigenvalue weighted by Crippen LogP contribution is 2.32. The predicted octanol–water partition coefficient (Wildman–Crippen LogP) is 4.43. The molecular weight excluding hydrogens is 284 g/mol. The number of rotatable bonds is 3. The van der Waals surface area contributed by atoms with Gasteiger partial charge >= 0.3 is 6.18 Å². The molecule has 1 atom stereocenters. The molecule has 2 aromatic rings. The van der Waals surface area contributed by atoms with Crippen LogP contribution in [0.1, 0.15) is 28.4 Å².